The summed E-state index contributed by atoms with van der Waals surface area (Å²) in [6.45, 7) is 6.61. The molecule has 0 aliphatic heterocycles. The summed E-state index contributed by atoms with van der Waals surface area (Å²) >= 11 is 11.8. The Kier molecular flexibility index (Phi) is 3.42. The Labute approximate surface area is 134 Å². The minimum Gasteiger partial charge on any atom is -0.330 e. The SMILES string of the molecule is CC(C)(C)c1ccc(-n2c(=S)[nH]c3cccc(Cl)c32)cc1. The van der Waals surface area contributed by atoms with Crippen LogP contribution in [-0.2, 0) is 5.41 Å². The monoisotopic (exact) mass is 316 g/mol. The summed E-state index contributed by atoms with van der Waals surface area (Å²) in [7, 11) is 0. The van der Waals surface area contributed by atoms with Crippen LogP contribution in [0.5, 0.6) is 0 Å². The van der Waals surface area contributed by atoms with Crippen molar-refractivity contribution in [3.63, 3.8) is 0 Å². The van der Waals surface area contributed by atoms with Crippen molar-refractivity contribution < 1.29 is 0 Å². The number of benzene rings is 2. The summed E-state index contributed by atoms with van der Waals surface area (Å²) in [4.78, 5) is 3.20. The predicted octanol–water partition coefficient (Wildman–Crippen LogP) is 5.64. The lowest BCUT2D eigenvalue weighted by atomic mass is 9.87. The number of fused-ring (bicyclic) bond motifs is 1. The average molecular weight is 317 g/mol. The fourth-order valence-electron chi connectivity index (χ4n) is 2.47. The van der Waals surface area contributed by atoms with Gasteiger partial charge in [0.25, 0.3) is 0 Å². The summed E-state index contributed by atoms with van der Waals surface area (Å²) < 4.78 is 2.64. The molecule has 2 aromatic carbocycles. The highest BCUT2D eigenvalue weighted by Crippen LogP contribution is 2.28. The van der Waals surface area contributed by atoms with E-state index in [1.54, 1.807) is 0 Å². The molecule has 108 valence electrons. The highest BCUT2D eigenvalue weighted by atomic mass is 35.5. The highest BCUT2D eigenvalue weighted by Gasteiger charge is 2.14. The Bertz CT molecular complexity index is 851. The molecule has 3 aromatic rings. The van der Waals surface area contributed by atoms with Gasteiger partial charge in [0, 0.05) is 5.69 Å². The number of halogens is 1. The van der Waals surface area contributed by atoms with Gasteiger partial charge in [0.1, 0.15) is 0 Å². The summed E-state index contributed by atoms with van der Waals surface area (Å²) in [6, 6.07) is 14.3. The third-order valence-electron chi connectivity index (χ3n) is 3.65. The fourth-order valence-corrected chi connectivity index (χ4v) is 3.04. The normalized spacial score (nSPS) is 12.0. The van der Waals surface area contributed by atoms with Crippen molar-refractivity contribution in [2.24, 2.45) is 0 Å². The van der Waals surface area contributed by atoms with Gasteiger partial charge in [-0.3, -0.25) is 4.57 Å². The first kappa shape index (κ1) is 14.4. The van der Waals surface area contributed by atoms with E-state index in [-0.39, 0.29) is 5.41 Å². The number of nitrogens with one attached hydrogen (secondary N) is 1. The molecular weight excluding hydrogens is 300 g/mol. The molecule has 1 N–H and O–H groups in total. The van der Waals surface area contributed by atoms with Crippen LogP contribution < -0.4 is 0 Å². The van der Waals surface area contributed by atoms with E-state index in [0.717, 1.165) is 16.7 Å². The van der Waals surface area contributed by atoms with Crippen molar-refractivity contribution in [1.82, 2.24) is 9.55 Å². The Hall–Kier alpha value is -1.58. The minimum absolute atomic E-state index is 0.137. The molecule has 0 saturated heterocycles. The number of aromatic nitrogens is 2. The zero-order valence-electron chi connectivity index (χ0n) is 12.3. The molecule has 1 heterocycles. The first-order valence-electron chi connectivity index (χ1n) is 6.88. The highest BCUT2D eigenvalue weighted by molar-refractivity contribution is 7.71. The second kappa shape index (κ2) is 5.00. The van der Waals surface area contributed by atoms with Crippen molar-refractivity contribution in [1.29, 1.82) is 0 Å². The topological polar surface area (TPSA) is 20.7 Å². The summed E-state index contributed by atoms with van der Waals surface area (Å²) in [5.41, 5.74) is 4.33. The third-order valence-corrected chi connectivity index (χ3v) is 4.24. The summed E-state index contributed by atoms with van der Waals surface area (Å²) in [6.07, 6.45) is 0. The number of hydrogen-bond acceptors (Lipinski definition) is 1. The van der Waals surface area contributed by atoms with Crippen LogP contribution in [0.15, 0.2) is 42.5 Å². The van der Waals surface area contributed by atoms with Crippen LogP contribution >= 0.6 is 23.8 Å². The largest absolute Gasteiger partial charge is 0.330 e. The van der Waals surface area contributed by atoms with Crippen LogP contribution in [0.1, 0.15) is 26.3 Å². The smallest absolute Gasteiger partial charge is 0.182 e. The van der Waals surface area contributed by atoms with Gasteiger partial charge < -0.3 is 4.98 Å². The van der Waals surface area contributed by atoms with E-state index in [2.05, 4.69) is 50.0 Å². The fraction of sp³-hybridized carbons (Fsp3) is 0.235. The van der Waals surface area contributed by atoms with E-state index in [0.29, 0.717) is 9.79 Å². The van der Waals surface area contributed by atoms with Gasteiger partial charge in [-0.05, 0) is 47.5 Å². The molecule has 0 unspecified atom stereocenters. The second-order valence-corrected chi connectivity index (χ2v) is 6.99. The number of rotatable bonds is 1. The van der Waals surface area contributed by atoms with Crippen LogP contribution in [0, 0.1) is 4.77 Å². The molecule has 0 spiro atoms. The molecule has 0 radical (unpaired) electrons. The first-order valence-corrected chi connectivity index (χ1v) is 7.67. The Morgan fingerprint density at radius 1 is 1.05 bits per heavy atom. The predicted molar refractivity (Wildman–Crippen MR) is 92.2 cm³/mol. The lowest BCUT2D eigenvalue weighted by Gasteiger charge is -2.19. The number of nitrogens with zero attached hydrogens (tertiary/aromatic N) is 1. The van der Waals surface area contributed by atoms with Crippen molar-refractivity contribution in [2.75, 3.05) is 0 Å². The van der Waals surface area contributed by atoms with E-state index in [4.69, 9.17) is 23.8 Å². The number of hydrogen-bond donors (Lipinski definition) is 1. The zero-order chi connectivity index (χ0) is 15.2. The van der Waals surface area contributed by atoms with Crippen molar-refractivity contribution in [2.45, 2.75) is 26.2 Å². The molecule has 0 aliphatic rings. The zero-order valence-corrected chi connectivity index (χ0v) is 13.8. The number of para-hydroxylation sites is 1. The van der Waals surface area contributed by atoms with Gasteiger partial charge in [-0.1, -0.05) is 50.6 Å². The lowest BCUT2D eigenvalue weighted by Crippen LogP contribution is -2.10. The van der Waals surface area contributed by atoms with E-state index in [1.807, 2.05) is 22.8 Å². The molecular formula is C17H17ClN2S. The second-order valence-electron chi connectivity index (χ2n) is 6.20. The number of H-pyrrole nitrogens is 1. The summed E-state index contributed by atoms with van der Waals surface area (Å²) in [5.74, 6) is 0. The molecule has 0 bridgehead atoms. The standard InChI is InChI=1S/C17H17ClN2S/c1-17(2,3)11-7-9-12(10-8-11)20-15-13(18)5-4-6-14(15)19-16(20)21/h4-10H,1-3H3,(H,19,21). The molecule has 4 heteroatoms. The minimum atomic E-state index is 0.137. The molecule has 3 rings (SSSR count). The maximum atomic E-state index is 6.34. The summed E-state index contributed by atoms with van der Waals surface area (Å²) in [5, 5.41) is 0.694. The lowest BCUT2D eigenvalue weighted by molar-refractivity contribution is 0.590. The van der Waals surface area contributed by atoms with Crippen molar-refractivity contribution >= 4 is 34.9 Å². The van der Waals surface area contributed by atoms with E-state index in [1.165, 1.54) is 5.56 Å². The van der Waals surface area contributed by atoms with Crippen LogP contribution in [0.3, 0.4) is 0 Å². The molecule has 0 saturated carbocycles. The van der Waals surface area contributed by atoms with Crippen LogP contribution in [0.2, 0.25) is 5.02 Å². The van der Waals surface area contributed by atoms with Crippen molar-refractivity contribution in [3.05, 3.63) is 57.8 Å². The number of imidazole rings is 1. The Morgan fingerprint density at radius 2 is 1.71 bits per heavy atom. The van der Waals surface area contributed by atoms with Gasteiger partial charge in [-0.15, -0.1) is 0 Å². The van der Waals surface area contributed by atoms with E-state index < -0.39 is 0 Å². The molecule has 0 aliphatic carbocycles. The van der Waals surface area contributed by atoms with Crippen LogP contribution in [-0.4, -0.2) is 9.55 Å². The van der Waals surface area contributed by atoms with E-state index in [9.17, 15) is 0 Å². The van der Waals surface area contributed by atoms with Crippen LogP contribution in [0.25, 0.3) is 16.7 Å². The Morgan fingerprint density at radius 3 is 2.33 bits per heavy atom. The quantitative estimate of drug-likeness (QED) is 0.576. The van der Waals surface area contributed by atoms with Gasteiger partial charge in [-0.25, -0.2) is 0 Å². The molecule has 1 aromatic heterocycles. The van der Waals surface area contributed by atoms with Gasteiger partial charge in [0.05, 0.1) is 16.1 Å². The number of aromatic amines is 1. The van der Waals surface area contributed by atoms with Crippen LogP contribution in [0.4, 0.5) is 0 Å². The molecule has 0 fully saturated rings. The van der Waals surface area contributed by atoms with Gasteiger partial charge in [0.15, 0.2) is 4.77 Å². The molecule has 0 amide bonds. The average Bonchev–Trinajstić information content (AvgIpc) is 2.75. The third kappa shape index (κ3) is 2.52. The molecule has 21 heavy (non-hydrogen) atoms. The van der Waals surface area contributed by atoms with Gasteiger partial charge in [0.2, 0.25) is 0 Å². The molecule has 2 nitrogen and oxygen atoms in total. The molecule has 0 atom stereocenters. The Balaban J connectivity index is 2.21. The maximum absolute atomic E-state index is 6.34. The van der Waals surface area contributed by atoms with Gasteiger partial charge in [-0.2, -0.15) is 0 Å². The van der Waals surface area contributed by atoms with E-state index >= 15 is 0 Å². The maximum Gasteiger partial charge on any atom is 0.182 e. The first-order chi connectivity index (χ1) is 9.88. The van der Waals surface area contributed by atoms with Crippen molar-refractivity contribution in [3.8, 4) is 5.69 Å². The van der Waals surface area contributed by atoms with Gasteiger partial charge >= 0.3 is 0 Å².